The fraction of sp³-hybridized carbons (Fsp3) is 0.280. The van der Waals surface area contributed by atoms with Crippen LogP contribution in [0.5, 0.6) is 0 Å². The first-order chi connectivity index (χ1) is 15.6. The Labute approximate surface area is 184 Å². The molecule has 0 amide bonds. The molecule has 0 atom stereocenters. The van der Waals surface area contributed by atoms with E-state index in [1.165, 1.54) is 12.1 Å². The number of unbranched alkanes of at least 4 members (excludes halogenated alkanes) is 2. The molecule has 0 aliphatic rings. The second-order valence-corrected chi connectivity index (χ2v) is 7.94. The van der Waals surface area contributed by atoms with Crippen molar-refractivity contribution in [3.8, 4) is 5.69 Å². The lowest BCUT2D eigenvalue weighted by Gasteiger charge is -2.12. The second-order valence-electron chi connectivity index (χ2n) is 7.94. The lowest BCUT2D eigenvalue weighted by Crippen LogP contribution is -2.25. The number of hydrogen-bond acceptors (Lipinski definition) is 4. The molecule has 0 aliphatic heterocycles. The predicted octanol–water partition coefficient (Wildman–Crippen LogP) is 5.18. The van der Waals surface area contributed by atoms with Gasteiger partial charge in [0.2, 0.25) is 0 Å². The number of para-hydroxylation sites is 2. The molecule has 6 nitrogen and oxygen atoms in total. The average molecular weight is 429 g/mol. The van der Waals surface area contributed by atoms with Crippen molar-refractivity contribution in [1.82, 2.24) is 24.1 Å². The molecule has 2 aromatic carbocycles. The van der Waals surface area contributed by atoms with E-state index in [-0.39, 0.29) is 11.4 Å². The molecule has 3 heterocycles. The number of benzene rings is 2. The van der Waals surface area contributed by atoms with Gasteiger partial charge in [-0.1, -0.05) is 44.9 Å². The second kappa shape index (κ2) is 8.15. The standard InChI is InChI=1S/C25H24FN5O/c1-3-5-8-14-30-20(4-2)29-23-21(25(30)32)22-24(28-19-13-7-6-12-18(19)27-22)31(23)17-11-9-10-16(26)15-17/h6-7,9-13,15H,3-5,8,14H2,1-2H3. The van der Waals surface area contributed by atoms with Crippen molar-refractivity contribution < 1.29 is 4.39 Å². The molecule has 5 rings (SSSR count). The van der Waals surface area contributed by atoms with E-state index in [2.05, 4.69) is 6.92 Å². The Morgan fingerprint density at radius 1 is 0.906 bits per heavy atom. The van der Waals surface area contributed by atoms with Crippen LogP contribution in [0.25, 0.3) is 38.9 Å². The minimum atomic E-state index is -0.366. The molecule has 0 bridgehead atoms. The normalized spacial score (nSPS) is 11.7. The molecule has 7 heteroatoms. The van der Waals surface area contributed by atoms with E-state index in [1.54, 1.807) is 21.3 Å². The van der Waals surface area contributed by atoms with Gasteiger partial charge in [0.25, 0.3) is 5.56 Å². The summed E-state index contributed by atoms with van der Waals surface area (Å²) in [6.45, 7) is 4.74. The van der Waals surface area contributed by atoms with Crippen LogP contribution in [0.4, 0.5) is 4.39 Å². The van der Waals surface area contributed by atoms with Gasteiger partial charge in [0.05, 0.1) is 16.7 Å². The fourth-order valence-electron chi connectivity index (χ4n) is 4.25. The van der Waals surface area contributed by atoms with Crippen molar-refractivity contribution in [3.05, 3.63) is 70.5 Å². The van der Waals surface area contributed by atoms with Crippen LogP contribution in [0, 0.1) is 5.82 Å². The maximum absolute atomic E-state index is 14.1. The van der Waals surface area contributed by atoms with E-state index in [0.29, 0.717) is 57.7 Å². The maximum atomic E-state index is 14.1. The summed E-state index contributed by atoms with van der Waals surface area (Å²) in [5.41, 5.74) is 3.32. The van der Waals surface area contributed by atoms with E-state index in [1.807, 2.05) is 31.2 Å². The largest absolute Gasteiger partial charge is 0.296 e. The van der Waals surface area contributed by atoms with Crippen LogP contribution in [-0.4, -0.2) is 24.1 Å². The highest BCUT2D eigenvalue weighted by molar-refractivity contribution is 6.05. The van der Waals surface area contributed by atoms with E-state index in [9.17, 15) is 9.18 Å². The third-order valence-corrected chi connectivity index (χ3v) is 5.81. The molecular formula is C25H24FN5O. The molecule has 0 unspecified atom stereocenters. The Morgan fingerprint density at radius 3 is 2.41 bits per heavy atom. The van der Waals surface area contributed by atoms with Gasteiger partial charge in [-0.15, -0.1) is 0 Å². The number of aryl methyl sites for hydroxylation is 1. The Kier molecular flexibility index (Phi) is 5.17. The number of aromatic nitrogens is 5. The van der Waals surface area contributed by atoms with Crippen molar-refractivity contribution in [3.63, 3.8) is 0 Å². The summed E-state index contributed by atoms with van der Waals surface area (Å²) in [4.78, 5) is 28.2. The van der Waals surface area contributed by atoms with Crippen molar-refractivity contribution >= 4 is 33.2 Å². The van der Waals surface area contributed by atoms with Crippen LogP contribution in [0.1, 0.15) is 38.9 Å². The molecule has 0 saturated carbocycles. The molecule has 0 fully saturated rings. The van der Waals surface area contributed by atoms with Crippen molar-refractivity contribution in [2.24, 2.45) is 0 Å². The lowest BCUT2D eigenvalue weighted by molar-refractivity contribution is 0.560. The minimum Gasteiger partial charge on any atom is -0.296 e. The van der Waals surface area contributed by atoms with Gasteiger partial charge >= 0.3 is 0 Å². The summed E-state index contributed by atoms with van der Waals surface area (Å²) in [5.74, 6) is 0.346. The zero-order chi connectivity index (χ0) is 22.2. The van der Waals surface area contributed by atoms with Crippen LogP contribution >= 0.6 is 0 Å². The number of nitrogens with zero attached hydrogens (tertiary/aromatic N) is 5. The van der Waals surface area contributed by atoms with Gasteiger partial charge < -0.3 is 0 Å². The Bertz CT molecular complexity index is 1520. The highest BCUT2D eigenvalue weighted by Gasteiger charge is 2.22. The predicted molar refractivity (Wildman–Crippen MR) is 125 cm³/mol. The summed E-state index contributed by atoms with van der Waals surface area (Å²) in [7, 11) is 0. The van der Waals surface area contributed by atoms with Crippen LogP contribution in [-0.2, 0) is 13.0 Å². The summed E-state index contributed by atoms with van der Waals surface area (Å²) in [5, 5.41) is 0.427. The number of fused-ring (bicyclic) bond motifs is 4. The van der Waals surface area contributed by atoms with Gasteiger partial charge in [-0.25, -0.2) is 19.3 Å². The molecule has 3 aromatic heterocycles. The van der Waals surface area contributed by atoms with Crippen LogP contribution in [0.2, 0.25) is 0 Å². The molecule has 0 aliphatic carbocycles. The summed E-state index contributed by atoms with van der Waals surface area (Å²) >= 11 is 0. The highest BCUT2D eigenvalue weighted by atomic mass is 19.1. The monoisotopic (exact) mass is 429 g/mol. The molecule has 0 N–H and O–H groups in total. The Balaban J connectivity index is 1.93. The first-order valence-corrected chi connectivity index (χ1v) is 11.1. The first-order valence-electron chi connectivity index (χ1n) is 11.1. The van der Waals surface area contributed by atoms with Gasteiger partial charge in [-0.2, -0.15) is 0 Å². The Morgan fingerprint density at radius 2 is 1.69 bits per heavy atom. The topological polar surface area (TPSA) is 65.6 Å². The van der Waals surface area contributed by atoms with E-state index >= 15 is 0 Å². The molecule has 0 saturated heterocycles. The fourth-order valence-corrected chi connectivity index (χ4v) is 4.25. The zero-order valence-corrected chi connectivity index (χ0v) is 18.2. The first kappa shape index (κ1) is 20.3. The van der Waals surface area contributed by atoms with Crippen molar-refractivity contribution in [1.29, 1.82) is 0 Å². The molecule has 0 radical (unpaired) electrons. The average Bonchev–Trinajstić information content (AvgIpc) is 3.12. The van der Waals surface area contributed by atoms with Crippen molar-refractivity contribution in [2.45, 2.75) is 46.1 Å². The van der Waals surface area contributed by atoms with E-state index in [4.69, 9.17) is 15.0 Å². The molecule has 32 heavy (non-hydrogen) atoms. The number of hydrogen-bond donors (Lipinski definition) is 0. The quantitative estimate of drug-likeness (QED) is 0.349. The van der Waals surface area contributed by atoms with Gasteiger partial charge in [0.1, 0.15) is 22.5 Å². The van der Waals surface area contributed by atoms with Gasteiger partial charge in [-0.3, -0.25) is 13.9 Å². The number of halogens is 1. The summed E-state index contributed by atoms with van der Waals surface area (Å²) in [6, 6.07) is 13.8. The molecule has 162 valence electrons. The minimum absolute atomic E-state index is 0.118. The Hall–Kier alpha value is -3.61. The number of rotatable bonds is 6. The van der Waals surface area contributed by atoms with Gasteiger partial charge in [0, 0.05) is 13.0 Å². The third-order valence-electron chi connectivity index (χ3n) is 5.81. The molecule has 0 spiro atoms. The highest BCUT2D eigenvalue weighted by Crippen LogP contribution is 2.29. The molecular weight excluding hydrogens is 405 g/mol. The smallest absolute Gasteiger partial charge is 0.265 e. The third kappa shape index (κ3) is 3.25. The summed E-state index contributed by atoms with van der Waals surface area (Å²) < 4.78 is 17.7. The van der Waals surface area contributed by atoms with Crippen molar-refractivity contribution in [2.75, 3.05) is 0 Å². The van der Waals surface area contributed by atoms with E-state index < -0.39 is 0 Å². The summed E-state index contributed by atoms with van der Waals surface area (Å²) in [6.07, 6.45) is 3.64. The van der Waals surface area contributed by atoms with Crippen LogP contribution in [0.15, 0.2) is 53.3 Å². The van der Waals surface area contributed by atoms with Gasteiger partial charge in [0.15, 0.2) is 11.3 Å². The van der Waals surface area contributed by atoms with Gasteiger partial charge in [-0.05, 0) is 36.8 Å². The van der Waals surface area contributed by atoms with E-state index in [0.717, 1.165) is 19.3 Å². The maximum Gasteiger partial charge on any atom is 0.265 e. The van der Waals surface area contributed by atoms with Crippen LogP contribution in [0.3, 0.4) is 0 Å². The lowest BCUT2D eigenvalue weighted by atomic mass is 10.2. The zero-order valence-electron chi connectivity index (χ0n) is 18.2. The molecule has 5 aromatic rings. The SMILES string of the molecule is CCCCCn1c(CC)nc2c(c1=O)c1nc3ccccc3nc1n2-c1cccc(F)c1. The van der Waals surface area contributed by atoms with Crippen LogP contribution < -0.4 is 5.56 Å².